The second kappa shape index (κ2) is 9.04. The van der Waals surface area contributed by atoms with Crippen molar-refractivity contribution in [3.05, 3.63) is 48.0 Å². The van der Waals surface area contributed by atoms with Gasteiger partial charge in [0, 0.05) is 19.2 Å². The maximum absolute atomic E-state index is 12.6. The number of piperidine rings is 1. The number of ether oxygens (including phenoxy) is 1. The lowest BCUT2D eigenvalue weighted by Gasteiger charge is -2.30. The number of hydrazone groups is 1. The number of nitrogen functional groups attached to an aromatic ring is 1. The Balaban J connectivity index is 1.65. The summed E-state index contributed by atoms with van der Waals surface area (Å²) in [5.41, 5.74) is 6.75. The first-order chi connectivity index (χ1) is 13.9. The summed E-state index contributed by atoms with van der Waals surface area (Å²) < 4.78 is 36.4. The standard InChI is InChI=1S/C20H26N4O4S/c1-15-10-17(27-13-16-6-8-24(9-7-16)14-23-22)12-18(11-15)28-29(25,26)20-5-3-2-4-19(20)21/h2-5,10-12,14,16H,6-9,13,21-22H2,1H3. The Labute approximate surface area is 171 Å². The SMILES string of the molecule is Cc1cc(OCC2CCN(C=NN)CC2)cc(OS(=O)(=O)c2ccccc2N)c1. The van der Waals surface area contributed by atoms with E-state index in [1.54, 1.807) is 30.6 Å². The minimum Gasteiger partial charge on any atom is -0.493 e. The summed E-state index contributed by atoms with van der Waals surface area (Å²) in [6, 6.07) is 11.3. The zero-order valence-corrected chi connectivity index (χ0v) is 17.1. The van der Waals surface area contributed by atoms with Crippen LogP contribution in [0.5, 0.6) is 11.5 Å². The maximum Gasteiger partial charge on any atom is 0.341 e. The van der Waals surface area contributed by atoms with Crippen LogP contribution in [0.15, 0.2) is 52.5 Å². The Kier molecular flexibility index (Phi) is 6.48. The minimum absolute atomic E-state index is 0.0586. The Morgan fingerprint density at radius 1 is 1.17 bits per heavy atom. The molecule has 1 heterocycles. The van der Waals surface area contributed by atoms with Gasteiger partial charge in [-0.2, -0.15) is 13.5 Å². The Morgan fingerprint density at radius 3 is 2.55 bits per heavy atom. The summed E-state index contributed by atoms with van der Waals surface area (Å²) in [6.45, 7) is 4.17. The molecule has 0 atom stereocenters. The lowest BCUT2D eigenvalue weighted by molar-refractivity contribution is 0.183. The van der Waals surface area contributed by atoms with E-state index in [-0.39, 0.29) is 16.3 Å². The van der Waals surface area contributed by atoms with Crippen molar-refractivity contribution in [2.45, 2.75) is 24.7 Å². The van der Waals surface area contributed by atoms with Crippen LogP contribution in [-0.2, 0) is 10.1 Å². The summed E-state index contributed by atoms with van der Waals surface area (Å²) in [6.07, 6.45) is 3.60. The van der Waals surface area contributed by atoms with E-state index in [9.17, 15) is 8.42 Å². The van der Waals surface area contributed by atoms with Crippen LogP contribution >= 0.6 is 0 Å². The lowest BCUT2D eigenvalue weighted by Crippen LogP contribution is -2.34. The first-order valence-electron chi connectivity index (χ1n) is 9.38. The third kappa shape index (κ3) is 5.54. The number of aryl methyl sites for hydroxylation is 1. The number of likely N-dealkylation sites (tertiary alicyclic amines) is 1. The highest BCUT2D eigenvalue weighted by atomic mass is 32.2. The van der Waals surface area contributed by atoms with Gasteiger partial charge in [-0.1, -0.05) is 12.1 Å². The molecule has 0 unspecified atom stereocenters. The first kappa shape index (κ1) is 20.8. The van der Waals surface area contributed by atoms with Crippen molar-refractivity contribution >= 4 is 22.1 Å². The Bertz CT molecular complexity index is 970. The molecule has 1 fully saturated rings. The maximum atomic E-state index is 12.6. The first-order valence-corrected chi connectivity index (χ1v) is 10.8. The fourth-order valence-corrected chi connectivity index (χ4v) is 4.31. The predicted octanol–water partition coefficient (Wildman–Crippen LogP) is 2.34. The van der Waals surface area contributed by atoms with E-state index in [4.69, 9.17) is 20.5 Å². The monoisotopic (exact) mass is 418 g/mol. The molecule has 0 aliphatic carbocycles. The molecular weight excluding hydrogens is 392 g/mol. The molecule has 8 nitrogen and oxygen atoms in total. The molecule has 9 heteroatoms. The van der Waals surface area contributed by atoms with Gasteiger partial charge in [0.2, 0.25) is 0 Å². The quantitative estimate of drug-likeness (QED) is 0.177. The lowest BCUT2D eigenvalue weighted by atomic mass is 9.98. The van der Waals surface area contributed by atoms with Crippen molar-refractivity contribution in [1.82, 2.24) is 4.90 Å². The average Bonchev–Trinajstić information content (AvgIpc) is 2.67. The largest absolute Gasteiger partial charge is 0.493 e. The van der Waals surface area contributed by atoms with Crippen LogP contribution in [0, 0.1) is 12.8 Å². The molecule has 0 aromatic heterocycles. The molecule has 1 saturated heterocycles. The number of nitrogens with two attached hydrogens (primary N) is 2. The number of nitrogens with zero attached hydrogens (tertiary/aromatic N) is 2. The van der Waals surface area contributed by atoms with Gasteiger partial charge in [0.25, 0.3) is 0 Å². The number of rotatable bonds is 7. The smallest absolute Gasteiger partial charge is 0.341 e. The van der Waals surface area contributed by atoms with Crippen LogP contribution < -0.4 is 20.5 Å². The van der Waals surface area contributed by atoms with Crippen LogP contribution in [0.3, 0.4) is 0 Å². The highest BCUT2D eigenvalue weighted by Gasteiger charge is 2.21. The van der Waals surface area contributed by atoms with Crippen molar-refractivity contribution in [1.29, 1.82) is 0 Å². The number of benzene rings is 2. The molecule has 29 heavy (non-hydrogen) atoms. The number of hydrogen-bond acceptors (Lipinski definition) is 7. The van der Waals surface area contributed by atoms with Gasteiger partial charge in [0.1, 0.15) is 22.7 Å². The highest BCUT2D eigenvalue weighted by Crippen LogP contribution is 2.28. The van der Waals surface area contributed by atoms with E-state index >= 15 is 0 Å². The predicted molar refractivity (Wildman–Crippen MR) is 112 cm³/mol. The van der Waals surface area contributed by atoms with Crippen molar-refractivity contribution in [3.8, 4) is 11.5 Å². The van der Waals surface area contributed by atoms with Gasteiger partial charge in [-0.3, -0.25) is 0 Å². The third-order valence-corrected chi connectivity index (χ3v) is 6.11. The van der Waals surface area contributed by atoms with Crippen molar-refractivity contribution in [3.63, 3.8) is 0 Å². The average molecular weight is 419 g/mol. The normalized spacial score (nSPS) is 15.6. The molecule has 0 saturated carbocycles. The molecule has 0 amide bonds. The molecule has 2 aromatic carbocycles. The number of para-hydroxylation sites is 1. The van der Waals surface area contributed by atoms with E-state index in [0.29, 0.717) is 18.3 Å². The molecule has 0 radical (unpaired) electrons. The molecule has 4 N–H and O–H groups in total. The molecule has 156 valence electrons. The van der Waals surface area contributed by atoms with Crippen molar-refractivity contribution in [2.24, 2.45) is 16.9 Å². The third-order valence-electron chi connectivity index (χ3n) is 4.78. The van der Waals surface area contributed by atoms with E-state index in [1.807, 2.05) is 13.0 Å². The molecule has 0 spiro atoms. The highest BCUT2D eigenvalue weighted by molar-refractivity contribution is 7.87. The van der Waals surface area contributed by atoms with E-state index in [1.165, 1.54) is 12.1 Å². The van der Waals surface area contributed by atoms with Crippen LogP contribution in [0.1, 0.15) is 18.4 Å². The zero-order chi connectivity index (χ0) is 20.9. The second-order valence-corrected chi connectivity index (χ2v) is 8.63. The summed E-state index contributed by atoms with van der Waals surface area (Å²) in [5.74, 6) is 6.36. The van der Waals surface area contributed by atoms with Gasteiger partial charge in [0.15, 0.2) is 0 Å². The van der Waals surface area contributed by atoms with Gasteiger partial charge in [0.05, 0.1) is 12.3 Å². The molecule has 2 aromatic rings. The molecule has 0 bridgehead atoms. The van der Waals surface area contributed by atoms with Gasteiger partial charge in [-0.05, 0) is 55.5 Å². The zero-order valence-electron chi connectivity index (χ0n) is 16.3. The summed E-state index contributed by atoms with van der Waals surface area (Å²) in [5, 5.41) is 3.55. The van der Waals surface area contributed by atoms with Gasteiger partial charge in [-0.25, -0.2) is 0 Å². The fraction of sp³-hybridized carbons (Fsp3) is 0.350. The topological polar surface area (TPSA) is 120 Å². The van der Waals surface area contributed by atoms with Gasteiger partial charge < -0.3 is 25.4 Å². The number of anilines is 1. The second-order valence-electron chi connectivity index (χ2n) is 7.11. The molecular formula is C20H26N4O4S. The van der Waals surface area contributed by atoms with Gasteiger partial charge >= 0.3 is 10.1 Å². The molecule has 1 aliphatic rings. The Morgan fingerprint density at radius 2 is 1.86 bits per heavy atom. The summed E-state index contributed by atoms with van der Waals surface area (Å²) >= 11 is 0. The van der Waals surface area contributed by atoms with Gasteiger partial charge in [-0.15, -0.1) is 0 Å². The molecule has 1 aliphatic heterocycles. The van der Waals surface area contributed by atoms with Crippen LogP contribution in [-0.4, -0.2) is 39.4 Å². The summed E-state index contributed by atoms with van der Waals surface area (Å²) in [4.78, 5) is 2.02. The minimum atomic E-state index is -4.03. The van der Waals surface area contributed by atoms with Crippen LogP contribution in [0.2, 0.25) is 0 Å². The van der Waals surface area contributed by atoms with Crippen molar-refractivity contribution < 1.29 is 17.3 Å². The van der Waals surface area contributed by atoms with E-state index in [2.05, 4.69) is 10.0 Å². The van der Waals surface area contributed by atoms with Crippen LogP contribution in [0.4, 0.5) is 5.69 Å². The number of hydrogen-bond donors (Lipinski definition) is 2. The fourth-order valence-electron chi connectivity index (χ4n) is 3.27. The Hall–Kier alpha value is -2.94. The van der Waals surface area contributed by atoms with E-state index < -0.39 is 10.1 Å². The molecule has 3 rings (SSSR count). The van der Waals surface area contributed by atoms with Crippen molar-refractivity contribution in [2.75, 3.05) is 25.4 Å². The van der Waals surface area contributed by atoms with Crippen LogP contribution in [0.25, 0.3) is 0 Å². The van der Waals surface area contributed by atoms with E-state index in [0.717, 1.165) is 31.5 Å². The summed E-state index contributed by atoms with van der Waals surface area (Å²) in [7, 11) is -4.03.